The van der Waals surface area contributed by atoms with Crippen molar-refractivity contribution in [3.8, 4) is 22.3 Å². The van der Waals surface area contributed by atoms with Crippen molar-refractivity contribution in [3.05, 3.63) is 161 Å². The van der Waals surface area contributed by atoms with Crippen LogP contribution in [0, 0.1) is 6.07 Å². The third kappa shape index (κ3) is 4.68. The zero-order valence-electron chi connectivity index (χ0n) is 26.0. The molecule has 0 N–H and O–H groups in total. The number of hydrogen-bond donors (Lipinski definition) is 0. The minimum atomic E-state index is -0.0718. The molecule has 0 aliphatic heterocycles. The summed E-state index contributed by atoms with van der Waals surface area (Å²) in [4.78, 5) is 20.6. The van der Waals surface area contributed by atoms with Crippen molar-refractivity contribution in [1.82, 2.24) is 9.38 Å². The summed E-state index contributed by atoms with van der Waals surface area (Å²) in [6.45, 7) is 2.32. The predicted molar refractivity (Wildman–Crippen MR) is 187 cm³/mol. The van der Waals surface area contributed by atoms with Crippen molar-refractivity contribution in [3.63, 3.8) is 0 Å². The molecule has 2 aromatic heterocycles. The maximum Gasteiger partial charge on any atom is 0.267 e. The van der Waals surface area contributed by atoms with Crippen molar-refractivity contribution in [2.24, 2.45) is 0 Å². The van der Waals surface area contributed by atoms with Crippen LogP contribution in [0.1, 0.15) is 43.4 Å². The SMILES string of the molecule is CC12CCC(C1)c1c2n2ccc3c(N(c4ccc(-c5ccccc5)cc4)c4ccccc4-c4ccccc4)cc[c-]c3c2nc1=O.[Ir]. The van der Waals surface area contributed by atoms with Crippen LogP contribution >= 0.6 is 0 Å². The molecule has 47 heavy (non-hydrogen) atoms. The molecule has 231 valence electrons. The summed E-state index contributed by atoms with van der Waals surface area (Å²) in [5.74, 6) is 0.326. The van der Waals surface area contributed by atoms with Gasteiger partial charge in [0.25, 0.3) is 5.56 Å². The Balaban J connectivity index is 0.00000324. The minimum absolute atomic E-state index is 0. The Bertz CT molecular complexity index is 2330. The van der Waals surface area contributed by atoms with Crippen molar-refractivity contribution in [2.45, 2.75) is 37.5 Å². The zero-order chi connectivity index (χ0) is 30.8. The number of anilines is 3. The van der Waals surface area contributed by atoms with E-state index >= 15 is 0 Å². The Morgan fingerprint density at radius 1 is 0.787 bits per heavy atom. The maximum atomic E-state index is 13.6. The van der Waals surface area contributed by atoms with Gasteiger partial charge in [0.05, 0.1) is 11.3 Å². The third-order valence-corrected chi connectivity index (χ3v) is 10.2. The van der Waals surface area contributed by atoms with Crippen LogP contribution in [0.2, 0.25) is 0 Å². The van der Waals surface area contributed by atoms with E-state index in [0.29, 0.717) is 11.6 Å². The van der Waals surface area contributed by atoms with Gasteiger partial charge in [-0.2, -0.15) is 0 Å². The van der Waals surface area contributed by atoms with E-state index < -0.39 is 0 Å². The van der Waals surface area contributed by atoms with Gasteiger partial charge < -0.3 is 9.30 Å². The van der Waals surface area contributed by atoms with Crippen LogP contribution in [0.5, 0.6) is 0 Å². The number of nitrogens with zero attached hydrogens (tertiary/aromatic N) is 3. The van der Waals surface area contributed by atoms with Crippen molar-refractivity contribution < 1.29 is 20.1 Å². The number of benzene rings is 5. The Hall–Kier alpha value is -4.83. The number of pyridine rings is 1. The molecule has 5 aromatic carbocycles. The number of rotatable bonds is 5. The molecule has 2 aliphatic rings. The second-order valence-corrected chi connectivity index (χ2v) is 13.0. The monoisotopic (exact) mass is 787 g/mol. The van der Waals surface area contributed by atoms with Gasteiger partial charge in [0.1, 0.15) is 0 Å². The summed E-state index contributed by atoms with van der Waals surface area (Å²) in [6.07, 6.45) is 5.36. The number of fused-ring (bicyclic) bond motifs is 9. The van der Waals surface area contributed by atoms with Gasteiger partial charge in [-0.05, 0) is 72.0 Å². The van der Waals surface area contributed by atoms with E-state index in [0.717, 1.165) is 75.0 Å². The Morgan fingerprint density at radius 2 is 1.47 bits per heavy atom. The van der Waals surface area contributed by atoms with E-state index in [1.807, 2.05) is 12.1 Å². The van der Waals surface area contributed by atoms with Crippen LogP contribution in [0.15, 0.2) is 138 Å². The van der Waals surface area contributed by atoms with Crippen molar-refractivity contribution in [1.29, 1.82) is 0 Å². The fraction of sp³-hybridized carbons (Fsp3) is 0.143. The molecule has 2 unspecified atom stereocenters. The Kier molecular flexibility index (Phi) is 7.20. The van der Waals surface area contributed by atoms with E-state index in [1.165, 1.54) is 5.56 Å². The van der Waals surface area contributed by atoms with Crippen molar-refractivity contribution in [2.75, 3.05) is 4.90 Å². The fourth-order valence-corrected chi connectivity index (χ4v) is 8.12. The molecule has 1 radical (unpaired) electrons. The maximum absolute atomic E-state index is 13.6. The molecular weight excluding hydrogens is 755 g/mol. The Labute approximate surface area is 287 Å². The Morgan fingerprint density at radius 3 is 2.23 bits per heavy atom. The van der Waals surface area contributed by atoms with Crippen LogP contribution in [0.4, 0.5) is 17.1 Å². The van der Waals surface area contributed by atoms with E-state index in [2.05, 4.69) is 144 Å². The molecule has 2 aliphatic carbocycles. The largest absolute Gasteiger partial charge is 0.345 e. The molecule has 5 heteroatoms. The average molecular weight is 787 g/mol. The predicted octanol–water partition coefficient (Wildman–Crippen LogP) is 9.99. The molecule has 1 fully saturated rings. The molecular formula is C42H32IrN3O-. The van der Waals surface area contributed by atoms with E-state index in [4.69, 9.17) is 4.98 Å². The third-order valence-electron chi connectivity index (χ3n) is 10.2. The number of hydrogen-bond acceptors (Lipinski definition) is 3. The van der Waals surface area contributed by atoms with Crippen LogP contribution < -0.4 is 10.5 Å². The summed E-state index contributed by atoms with van der Waals surface area (Å²) >= 11 is 0. The van der Waals surface area contributed by atoms with E-state index in [-0.39, 0.29) is 31.1 Å². The van der Waals surface area contributed by atoms with Gasteiger partial charge >= 0.3 is 0 Å². The van der Waals surface area contributed by atoms with Gasteiger partial charge in [0.15, 0.2) is 0 Å². The molecule has 2 bridgehead atoms. The first-order chi connectivity index (χ1) is 22.6. The smallest absolute Gasteiger partial charge is 0.267 e. The van der Waals surface area contributed by atoms with Gasteiger partial charge in [-0.3, -0.25) is 4.79 Å². The molecule has 4 nitrogen and oxygen atoms in total. The number of aromatic nitrogens is 2. The van der Waals surface area contributed by atoms with Gasteiger partial charge in [-0.25, -0.2) is 4.98 Å². The number of para-hydroxylation sites is 1. The first-order valence-corrected chi connectivity index (χ1v) is 16.1. The fourth-order valence-electron chi connectivity index (χ4n) is 8.12. The molecule has 2 atom stereocenters. The van der Waals surface area contributed by atoms with Crippen LogP contribution in [-0.2, 0) is 25.5 Å². The standard InChI is InChI=1S/C42H32N3O.Ir/c1-42-25-23-31(27-42)38-39(42)44-26-24-34-35(40(44)43-41(38)46)16-10-18-37(34)45(32-21-19-29(20-22-32)28-11-4-2-5-12-28)36-17-9-8-15-33(36)30-13-6-3-7-14-30;/h2-15,17-22,24,26,31H,23,25,27H2,1H3;/q-1;. The molecule has 0 amide bonds. The summed E-state index contributed by atoms with van der Waals surface area (Å²) in [5.41, 5.74) is 10.5. The molecule has 1 saturated carbocycles. The quantitative estimate of drug-likeness (QED) is 0.129. The van der Waals surface area contributed by atoms with Crippen LogP contribution in [-0.4, -0.2) is 9.38 Å². The van der Waals surface area contributed by atoms with Gasteiger partial charge in [0.2, 0.25) is 0 Å². The first kappa shape index (κ1) is 29.6. The van der Waals surface area contributed by atoms with E-state index in [9.17, 15) is 4.79 Å². The van der Waals surface area contributed by atoms with Crippen LogP contribution in [0.25, 0.3) is 38.7 Å². The molecule has 0 spiro atoms. The summed E-state index contributed by atoms with van der Waals surface area (Å²) in [7, 11) is 0. The molecule has 7 aromatic rings. The average Bonchev–Trinajstić information content (AvgIpc) is 3.65. The van der Waals surface area contributed by atoms with Gasteiger partial charge in [0, 0.05) is 48.0 Å². The summed E-state index contributed by atoms with van der Waals surface area (Å²) < 4.78 is 2.19. The molecule has 0 saturated heterocycles. The topological polar surface area (TPSA) is 37.6 Å². The normalized spacial score (nSPS) is 17.9. The second kappa shape index (κ2) is 11.4. The van der Waals surface area contributed by atoms with Gasteiger partial charge in [-0.1, -0.05) is 115 Å². The molecule has 2 heterocycles. The van der Waals surface area contributed by atoms with E-state index in [1.54, 1.807) is 0 Å². The molecule has 9 rings (SSSR count). The minimum Gasteiger partial charge on any atom is -0.345 e. The first-order valence-electron chi connectivity index (χ1n) is 16.1. The summed E-state index contributed by atoms with van der Waals surface area (Å²) in [5, 5.41) is 1.85. The zero-order valence-corrected chi connectivity index (χ0v) is 28.4. The van der Waals surface area contributed by atoms with Crippen molar-refractivity contribution >= 4 is 33.5 Å². The van der Waals surface area contributed by atoms with Crippen LogP contribution in [0.3, 0.4) is 0 Å². The van der Waals surface area contributed by atoms with Gasteiger partial charge in [-0.15, -0.1) is 18.2 Å². The second-order valence-electron chi connectivity index (χ2n) is 13.0. The summed E-state index contributed by atoms with van der Waals surface area (Å²) in [6, 6.07) is 48.1.